The Bertz CT molecular complexity index is 1680. The van der Waals surface area contributed by atoms with Crippen LogP contribution in [0.5, 0.6) is 5.75 Å². The Labute approximate surface area is 251 Å². The van der Waals surface area contributed by atoms with Gasteiger partial charge in [-0.05, 0) is 63.8 Å². The van der Waals surface area contributed by atoms with E-state index < -0.39 is 23.1 Å². The van der Waals surface area contributed by atoms with Crippen LogP contribution in [0.2, 0.25) is 0 Å². The molecule has 43 heavy (non-hydrogen) atoms. The Morgan fingerprint density at radius 3 is 2.49 bits per heavy atom. The molecule has 232 valence electrons. The zero-order valence-corrected chi connectivity index (χ0v) is 25.8. The second-order valence-electron chi connectivity index (χ2n) is 10.3. The Morgan fingerprint density at radius 2 is 1.88 bits per heavy atom. The third-order valence-corrected chi connectivity index (χ3v) is 8.62. The zero-order chi connectivity index (χ0) is 31.3. The van der Waals surface area contributed by atoms with Crippen LogP contribution in [-0.4, -0.2) is 80.1 Å². The minimum absolute atomic E-state index is 0.0484. The molecule has 0 radical (unpaired) electrons. The van der Waals surface area contributed by atoms with Gasteiger partial charge in [0.15, 0.2) is 0 Å². The van der Waals surface area contributed by atoms with Crippen LogP contribution in [-0.2, 0) is 22.5 Å². The summed E-state index contributed by atoms with van der Waals surface area (Å²) in [6, 6.07) is 3.29. The lowest BCUT2D eigenvalue weighted by molar-refractivity contribution is -0.139. The molecule has 1 aliphatic heterocycles. The molecule has 4 aromatic rings. The summed E-state index contributed by atoms with van der Waals surface area (Å²) in [5.41, 5.74) is 0.150. The SMILES string of the molecule is COCCO.COc1ccc(F)cc1CCn1c(=O)n(C2CCCN(C(C)C)C2=O)c(=O)c2c(C)c(-n3nccn3)sc21. The van der Waals surface area contributed by atoms with Gasteiger partial charge in [-0.25, -0.2) is 13.8 Å². The van der Waals surface area contributed by atoms with Gasteiger partial charge in [-0.2, -0.15) is 10.2 Å². The minimum Gasteiger partial charge on any atom is -0.496 e. The second-order valence-corrected chi connectivity index (χ2v) is 11.3. The number of likely N-dealkylation sites (tertiary alicyclic amines) is 1. The van der Waals surface area contributed by atoms with Crippen molar-refractivity contribution in [1.29, 1.82) is 0 Å². The number of benzene rings is 1. The molecule has 0 aliphatic carbocycles. The number of fused-ring (bicyclic) bond motifs is 1. The number of aryl methyl sites for hydroxylation is 3. The summed E-state index contributed by atoms with van der Waals surface area (Å²) in [7, 11) is 3.05. The number of rotatable bonds is 9. The Kier molecular flexibility index (Phi) is 10.5. The van der Waals surface area contributed by atoms with Gasteiger partial charge in [-0.1, -0.05) is 11.3 Å². The zero-order valence-electron chi connectivity index (χ0n) is 24.9. The van der Waals surface area contributed by atoms with Gasteiger partial charge in [0.1, 0.15) is 27.4 Å². The normalized spacial score (nSPS) is 15.2. The van der Waals surface area contributed by atoms with Gasteiger partial charge in [0.25, 0.3) is 5.56 Å². The molecule has 14 heteroatoms. The molecule has 1 N–H and O–H groups in total. The van der Waals surface area contributed by atoms with Crippen LogP contribution >= 0.6 is 11.3 Å². The van der Waals surface area contributed by atoms with Gasteiger partial charge >= 0.3 is 5.69 Å². The summed E-state index contributed by atoms with van der Waals surface area (Å²) < 4.78 is 26.5. The van der Waals surface area contributed by atoms with Gasteiger partial charge in [-0.15, -0.1) is 4.80 Å². The smallest absolute Gasteiger partial charge is 0.332 e. The third kappa shape index (κ3) is 6.55. The molecule has 5 rings (SSSR count). The average molecular weight is 617 g/mol. The Hall–Kier alpha value is -3.88. The summed E-state index contributed by atoms with van der Waals surface area (Å²) in [5, 5.41) is 17.3. The monoisotopic (exact) mass is 616 g/mol. The van der Waals surface area contributed by atoms with E-state index in [1.165, 1.54) is 52.3 Å². The van der Waals surface area contributed by atoms with E-state index in [4.69, 9.17) is 9.84 Å². The van der Waals surface area contributed by atoms with Crippen LogP contribution in [0.15, 0.2) is 40.2 Å². The fourth-order valence-electron chi connectivity index (χ4n) is 5.23. The number of hydrogen-bond donors (Lipinski definition) is 1. The first kappa shape index (κ1) is 32.0. The van der Waals surface area contributed by atoms with E-state index in [9.17, 15) is 18.8 Å². The maximum absolute atomic E-state index is 14.0. The van der Waals surface area contributed by atoms with Crippen LogP contribution in [0.3, 0.4) is 0 Å². The summed E-state index contributed by atoms with van der Waals surface area (Å²) >= 11 is 1.23. The van der Waals surface area contributed by atoms with Crippen molar-refractivity contribution in [3.05, 3.63) is 68.4 Å². The number of thiophene rings is 1. The highest BCUT2D eigenvalue weighted by molar-refractivity contribution is 7.21. The van der Waals surface area contributed by atoms with Crippen LogP contribution in [0, 0.1) is 12.7 Å². The number of hydrogen-bond acceptors (Lipinski definition) is 9. The van der Waals surface area contributed by atoms with Gasteiger partial charge in [-0.3, -0.25) is 14.2 Å². The van der Waals surface area contributed by atoms with Gasteiger partial charge < -0.3 is 19.5 Å². The summed E-state index contributed by atoms with van der Waals surface area (Å²) in [6.45, 7) is 6.93. The first-order valence-corrected chi connectivity index (χ1v) is 14.8. The van der Waals surface area contributed by atoms with Crippen molar-refractivity contribution in [2.45, 2.75) is 58.7 Å². The van der Waals surface area contributed by atoms with Crippen LogP contribution in [0.25, 0.3) is 15.2 Å². The molecule has 1 atom stereocenters. The lowest BCUT2D eigenvalue weighted by atomic mass is 10.0. The molecule has 1 amide bonds. The standard InChI is InChI=1S/C26H29FN6O4S.C3H8O2/c1-15(2)30-12-5-6-19(22(30)34)32-23(35)21-16(3)24(33-28-10-11-29-33)38-25(21)31(26(32)36)13-9-17-14-18(27)7-8-20(17)37-4;1-5-3-2-4/h7-8,10-11,14-15,19H,5-6,9,12-13H2,1-4H3;4H,2-3H2,1H3. The number of nitrogens with zero attached hydrogens (tertiary/aromatic N) is 6. The van der Waals surface area contributed by atoms with E-state index in [0.29, 0.717) is 58.1 Å². The Balaban J connectivity index is 0.000000782. The molecule has 1 aliphatic rings. The van der Waals surface area contributed by atoms with Crippen LogP contribution in [0.1, 0.15) is 43.9 Å². The number of ether oxygens (including phenoxy) is 2. The fourth-order valence-corrected chi connectivity index (χ4v) is 6.47. The summed E-state index contributed by atoms with van der Waals surface area (Å²) in [4.78, 5) is 44.9. The fraction of sp³-hybridized carbons (Fsp3) is 0.483. The first-order valence-electron chi connectivity index (χ1n) is 14.0. The maximum atomic E-state index is 14.0. The largest absolute Gasteiger partial charge is 0.496 e. The van der Waals surface area contributed by atoms with Gasteiger partial charge in [0.2, 0.25) is 5.91 Å². The molecule has 0 bridgehead atoms. The van der Waals surface area contributed by atoms with Gasteiger partial charge in [0, 0.05) is 31.8 Å². The molecular weight excluding hydrogens is 579 g/mol. The Morgan fingerprint density at radius 1 is 1.16 bits per heavy atom. The number of carbonyl (C=O) groups excluding carboxylic acids is 1. The first-order chi connectivity index (χ1) is 20.6. The molecular formula is C29H37FN6O6S. The van der Waals surface area contributed by atoms with Crippen molar-refractivity contribution in [2.24, 2.45) is 0 Å². The number of carbonyl (C=O) groups is 1. The number of aliphatic hydroxyl groups is 1. The highest BCUT2D eigenvalue weighted by atomic mass is 32.1. The number of halogens is 1. The predicted octanol–water partition coefficient (Wildman–Crippen LogP) is 2.70. The lowest BCUT2D eigenvalue weighted by Gasteiger charge is -2.35. The van der Waals surface area contributed by atoms with Crippen molar-refractivity contribution >= 4 is 27.5 Å². The number of aromatic nitrogens is 5. The number of methoxy groups -OCH3 is 2. The third-order valence-electron chi connectivity index (χ3n) is 7.34. The average Bonchev–Trinajstić information content (AvgIpc) is 3.63. The van der Waals surface area contributed by atoms with Crippen molar-refractivity contribution in [2.75, 3.05) is 34.0 Å². The quantitative estimate of drug-likeness (QED) is 0.304. The van der Waals surface area contributed by atoms with Crippen LogP contribution in [0.4, 0.5) is 4.39 Å². The van der Waals surface area contributed by atoms with E-state index in [2.05, 4.69) is 14.9 Å². The molecule has 1 saturated heterocycles. The molecule has 4 heterocycles. The van der Waals surface area contributed by atoms with E-state index >= 15 is 0 Å². The minimum atomic E-state index is -0.893. The summed E-state index contributed by atoms with van der Waals surface area (Å²) in [6.07, 6.45) is 4.43. The van der Waals surface area contributed by atoms with E-state index in [1.54, 1.807) is 25.0 Å². The van der Waals surface area contributed by atoms with E-state index in [1.807, 2.05) is 13.8 Å². The van der Waals surface area contributed by atoms with Crippen molar-refractivity contribution in [1.82, 2.24) is 29.0 Å². The number of piperidine rings is 1. The summed E-state index contributed by atoms with van der Waals surface area (Å²) in [5.74, 6) is -0.142. The molecule has 1 fully saturated rings. The molecule has 1 unspecified atom stereocenters. The second kappa shape index (κ2) is 14.1. The number of aliphatic hydroxyl groups excluding tert-OH is 1. The van der Waals surface area contributed by atoms with E-state index in [-0.39, 0.29) is 31.5 Å². The molecule has 3 aromatic heterocycles. The topological polar surface area (TPSA) is 134 Å². The maximum Gasteiger partial charge on any atom is 0.332 e. The highest BCUT2D eigenvalue weighted by Crippen LogP contribution is 2.32. The van der Waals surface area contributed by atoms with Crippen molar-refractivity contribution < 1.29 is 23.8 Å². The molecule has 0 spiro atoms. The molecule has 1 aromatic carbocycles. The van der Waals surface area contributed by atoms with Crippen molar-refractivity contribution in [3.8, 4) is 10.8 Å². The van der Waals surface area contributed by atoms with E-state index in [0.717, 1.165) is 4.57 Å². The molecule has 12 nitrogen and oxygen atoms in total. The highest BCUT2D eigenvalue weighted by Gasteiger charge is 2.35. The van der Waals surface area contributed by atoms with Crippen molar-refractivity contribution in [3.63, 3.8) is 0 Å². The van der Waals surface area contributed by atoms with Gasteiger partial charge in [0.05, 0.1) is 38.1 Å². The van der Waals surface area contributed by atoms with Crippen LogP contribution < -0.4 is 16.0 Å². The predicted molar refractivity (Wildman–Crippen MR) is 161 cm³/mol. The lowest BCUT2D eigenvalue weighted by Crippen LogP contribution is -2.52. The number of amides is 1. The molecule has 0 saturated carbocycles.